The van der Waals surface area contributed by atoms with Gasteiger partial charge in [0, 0.05) is 23.8 Å². The lowest BCUT2D eigenvalue weighted by molar-refractivity contribution is 0.830. The third kappa shape index (κ3) is 3.23. The van der Waals surface area contributed by atoms with Crippen LogP contribution in [0.2, 0.25) is 5.02 Å². The summed E-state index contributed by atoms with van der Waals surface area (Å²) in [5.41, 5.74) is 9.08. The van der Waals surface area contributed by atoms with Crippen LogP contribution in [0.3, 0.4) is 0 Å². The van der Waals surface area contributed by atoms with Crippen LogP contribution in [0.1, 0.15) is 18.1 Å². The molecule has 0 saturated heterocycles. The minimum atomic E-state index is 0.631. The predicted octanol–water partition coefficient (Wildman–Crippen LogP) is 3.82. The molecule has 0 fully saturated rings. The van der Waals surface area contributed by atoms with Gasteiger partial charge in [-0.3, -0.25) is 0 Å². The molecule has 0 aliphatic heterocycles. The smallest absolute Gasteiger partial charge is 0.101 e. The molecule has 0 spiro atoms. The fraction of sp³-hybridized carbons (Fsp3) is 0.188. The van der Waals surface area contributed by atoms with E-state index in [1.807, 2.05) is 30.3 Å². The van der Waals surface area contributed by atoms with Crippen molar-refractivity contribution in [1.82, 2.24) is 0 Å². The van der Waals surface area contributed by atoms with Crippen molar-refractivity contribution in [1.29, 1.82) is 5.26 Å². The Hall–Kier alpha value is -2.18. The van der Waals surface area contributed by atoms with Crippen LogP contribution in [0.15, 0.2) is 42.5 Å². The van der Waals surface area contributed by atoms with Gasteiger partial charge in [0.15, 0.2) is 0 Å². The van der Waals surface area contributed by atoms with E-state index in [0.717, 1.165) is 23.5 Å². The van der Waals surface area contributed by atoms with E-state index in [-0.39, 0.29) is 0 Å². The van der Waals surface area contributed by atoms with Crippen LogP contribution >= 0.6 is 11.6 Å². The number of hydrogen-bond donors (Lipinski definition) is 1. The summed E-state index contributed by atoms with van der Waals surface area (Å²) < 4.78 is 0. The first kappa shape index (κ1) is 14.2. The van der Waals surface area contributed by atoms with Crippen molar-refractivity contribution in [2.24, 2.45) is 0 Å². The van der Waals surface area contributed by atoms with E-state index in [9.17, 15) is 5.26 Å². The standard InChI is InChI=1S/C16H16ClN3/c1-2-20(11-12-3-7-15(19)8-4-12)16-9-14(17)6-5-13(16)10-18/h3-9H,2,11,19H2,1H3. The Morgan fingerprint density at radius 2 is 1.90 bits per heavy atom. The maximum absolute atomic E-state index is 9.22. The molecule has 0 aliphatic carbocycles. The SMILES string of the molecule is CCN(Cc1ccc(N)cc1)c1cc(Cl)ccc1C#N. The quantitative estimate of drug-likeness (QED) is 0.869. The van der Waals surface area contributed by atoms with Gasteiger partial charge < -0.3 is 10.6 Å². The average molecular weight is 286 g/mol. The Labute approximate surface area is 124 Å². The first-order chi connectivity index (χ1) is 9.63. The molecule has 0 atom stereocenters. The molecule has 0 heterocycles. The van der Waals surface area contributed by atoms with Gasteiger partial charge in [-0.25, -0.2) is 0 Å². The highest BCUT2D eigenvalue weighted by atomic mass is 35.5. The Bertz CT molecular complexity index is 629. The van der Waals surface area contributed by atoms with Gasteiger partial charge >= 0.3 is 0 Å². The Morgan fingerprint density at radius 3 is 2.50 bits per heavy atom. The van der Waals surface area contributed by atoms with Crippen molar-refractivity contribution in [3.63, 3.8) is 0 Å². The zero-order chi connectivity index (χ0) is 14.5. The number of hydrogen-bond acceptors (Lipinski definition) is 3. The van der Waals surface area contributed by atoms with Crippen LogP contribution in [0, 0.1) is 11.3 Å². The molecule has 102 valence electrons. The molecule has 2 rings (SSSR count). The van der Waals surface area contributed by atoms with Crippen molar-refractivity contribution in [3.8, 4) is 6.07 Å². The number of rotatable bonds is 4. The van der Waals surface area contributed by atoms with Crippen molar-refractivity contribution >= 4 is 23.0 Å². The number of nitrogens with two attached hydrogens (primary N) is 1. The van der Waals surface area contributed by atoms with Gasteiger partial charge in [0.05, 0.1) is 11.3 Å². The largest absolute Gasteiger partial charge is 0.399 e. The number of nitrogens with zero attached hydrogens (tertiary/aromatic N) is 2. The Kier molecular flexibility index (Phi) is 4.49. The summed E-state index contributed by atoms with van der Waals surface area (Å²) in [6.45, 7) is 3.56. The summed E-state index contributed by atoms with van der Waals surface area (Å²) in [7, 11) is 0. The molecule has 0 bridgehead atoms. The lowest BCUT2D eigenvalue weighted by Crippen LogP contribution is -2.23. The van der Waals surface area contributed by atoms with Gasteiger partial charge in [0.2, 0.25) is 0 Å². The van der Waals surface area contributed by atoms with Crippen molar-refractivity contribution < 1.29 is 0 Å². The monoisotopic (exact) mass is 285 g/mol. The van der Waals surface area contributed by atoms with E-state index in [4.69, 9.17) is 17.3 Å². The molecule has 2 aromatic carbocycles. The molecular formula is C16H16ClN3. The van der Waals surface area contributed by atoms with E-state index in [1.54, 1.807) is 12.1 Å². The molecule has 3 nitrogen and oxygen atoms in total. The van der Waals surface area contributed by atoms with E-state index in [2.05, 4.69) is 17.9 Å². The molecule has 2 aromatic rings. The van der Waals surface area contributed by atoms with Crippen LogP contribution in [0.25, 0.3) is 0 Å². The molecule has 20 heavy (non-hydrogen) atoms. The molecule has 0 saturated carbocycles. The summed E-state index contributed by atoms with van der Waals surface area (Å²) in [6, 6.07) is 15.3. The second-order valence-electron chi connectivity index (χ2n) is 4.53. The van der Waals surface area contributed by atoms with Gasteiger partial charge in [0.25, 0.3) is 0 Å². The summed E-state index contributed by atoms with van der Waals surface area (Å²) in [5.74, 6) is 0. The lowest BCUT2D eigenvalue weighted by atomic mass is 10.1. The molecule has 0 unspecified atom stereocenters. The molecule has 0 aromatic heterocycles. The second kappa shape index (κ2) is 6.31. The highest BCUT2D eigenvalue weighted by molar-refractivity contribution is 6.30. The van der Waals surface area contributed by atoms with Gasteiger partial charge in [-0.2, -0.15) is 5.26 Å². The fourth-order valence-corrected chi connectivity index (χ4v) is 2.24. The molecule has 4 heteroatoms. The number of anilines is 2. The van der Waals surface area contributed by atoms with Crippen LogP contribution in [0.5, 0.6) is 0 Å². The number of nitrogen functional groups attached to an aromatic ring is 1. The van der Waals surface area contributed by atoms with Crippen LogP contribution < -0.4 is 10.6 Å². The maximum atomic E-state index is 9.22. The zero-order valence-electron chi connectivity index (χ0n) is 11.3. The highest BCUT2D eigenvalue weighted by Crippen LogP contribution is 2.26. The first-order valence-corrected chi connectivity index (χ1v) is 6.81. The van der Waals surface area contributed by atoms with Crippen LogP contribution in [-0.4, -0.2) is 6.54 Å². The highest BCUT2D eigenvalue weighted by Gasteiger charge is 2.11. The van der Waals surface area contributed by atoms with Crippen molar-refractivity contribution in [2.75, 3.05) is 17.2 Å². The van der Waals surface area contributed by atoms with Crippen LogP contribution in [-0.2, 0) is 6.54 Å². The minimum Gasteiger partial charge on any atom is -0.399 e. The van der Waals surface area contributed by atoms with Crippen molar-refractivity contribution in [2.45, 2.75) is 13.5 Å². The Morgan fingerprint density at radius 1 is 1.20 bits per heavy atom. The zero-order valence-corrected chi connectivity index (χ0v) is 12.1. The lowest BCUT2D eigenvalue weighted by Gasteiger charge is -2.24. The van der Waals surface area contributed by atoms with Gasteiger partial charge in [-0.15, -0.1) is 0 Å². The summed E-state index contributed by atoms with van der Waals surface area (Å²) in [4.78, 5) is 2.12. The number of nitriles is 1. The Balaban J connectivity index is 2.31. The summed E-state index contributed by atoms with van der Waals surface area (Å²) >= 11 is 6.05. The van der Waals surface area contributed by atoms with E-state index in [1.165, 1.54) is 0 Å². The number of halogens is 1. The fourth-order valence-electron chi connectivity index (χ4n) is 2.07. The third-order valence-corrected chi connectivity index (χ3v) is 3.39. The topological polar surface area (TPSA) is 53.0 Å². The maximum Gasteiger partial charge on any atom is 0.101 e. The number of benzene rings is 2. The molecule has 0 aliphatic rings. The molecule has 0 amide bonds. The predicted molar refractivity (Wildman–Crippen MR) is 83.7 cm³/mol. The van der Waals surface area contributed by atoms with Crippen LogP contribution in [0.4, 0.5) is 11.4 Å². The van der Waals surface area contributed by atoms with Gasteiger partial charge in [-0.1, -0.05) is 23.7 Å². The van der Waals surface area contributed by atoms with E-state index >= 15 is 0 Å². The summed E-state index contributed by atoms with van der Waals surface area (Å²) in [5, 5.41) is 9.85. The third-order valence-electron chi connectivity index (χ3n) is 3.16. The summed E-state index contributed by atoms with van der Waals surface area (Å²) in [6.07, 6.45) is 0. The minimum absolute atomic E-state index is 0.631. The van der Waals surface area contributed by atoms with Gasteiger partial charge in [0.1, 0.15) is 6.07 Å². The molecular weight excluding hydrogens is 270 g/mol. The van der Waals surface area contributed by atoms with E-state index < -0.39 is 0 Å². The van der Waals surface area contributed by atoms with E-state index in [0.29, 0.717) is 17.1 Å². The van der Waals surface area contributed by atoms with Gasteiger partial charge in [-0.05, 0) is 42.8 Å². The molecule has 2 N–H and O–H groups in total. The molecule has 0 radical (unpaired) electrons. The second-order valence-corrected chi connectivity index (χ2v) is 4.97. The first-order valence-electron chi connectivity index (χ1n) is 6.43. The van der Waals surface area contributed by atoms with Crippen molar-refractivity contribution in [3.05, 3.63) is 58.6 Å². The average Bonchev–Trinajstić information content (AvgIpc) is 2.46. The normalized spacial score (nSPS) is 10.1.